The number of nitrogens with one attached hydrogen (secondary N) is 1. The Morgan fingerprint density at radius 2 is 1.91 bits per heavy atom. The van der Waals surface area contributed by atoms with Gasteiger partial charge in [-0.2, -0.15) is 0 Å². The van der Waals surface area contributed by atoms with E-state index in [9.17, 15) is 13.2 Å². The van der Waals surface area contributed by atoms with Crippen molar-refractivity contribution >= 4 is 38.9 Å². The van der Waals surface area contributed by atoms with E-state index in [1.165, 1.54) is 19.2 Å². The number of carbonyl (C=O) groups is 1. The molecular weight excluding hydrogens is 448 g/mol. The Bertz CT molecular complexity index is 1350. The van der Waals surface area contributed by atoms with Crippen molar-refractivity contribution in [2.75, 3.05) is 17.9 Å². The van der Waals surface area contributed by atoms with Crippen LogP contribution >= 0.6 is 11.6 Å². The molecule has 0 saturated heterocycles. The largest absolute Gasteiger partial charge is 0.352 e. The van der Waals surface area contributed by atoms with Gasteiger partial charge in [-0.05, 0) is 48.5 Å². The van der Waals surface area contributed by atoms with E-state index in [0.29, 0.717) is 23.7 Å². The molecule has 1 amide bonds. The molecule has 0 bridgehead atoms. The van der Waals surface area contributed by atoms with Crippen LogP contribution in [-0.4, -0.2) is 37.3 Å². The van der Waals surface area contributed by atoms with Gasteiger partial charge in [0, 0.05) is 43.0 Å². The van der Waals surface area contributed by atoms with E-state index in [2.05, 4.69) is 10.3 Å². The number of sulfonamides is 1. The van der Waals surface area contributed by atoms with Gasteiger partial charge in [0.15, 0.2) is 0 Å². The van der Waals surface area contributed by atoms with E-state index in [4.69, 9.17) is 11.6 Å². The number of carbonyl (C=O) groups excluding carboxylic acids is 1. The molecule has 7 nitrogen and oxygen atoms in total. The third-order valence-corrected chi connectivity index (χ3v) is 7.02. The number of rotatable bonds is 7. The lowest BCUT2D eigenvalue weighted by Gasteiger charge is -2.20. The molecule has 4 rings (SSSR count). The highest BCUT2D eigenvalue weighted by Crippen LogP contribution is 2.25. The number of hydrogen-bond acceptors (Lipinski definition) is 4. The number of aromatic nitrogens is 2. The van der Waals surface area contributed by atoms with E-state index in [1.807, 2.05) is 35.0 Å². The van der Waals surface area contributed by atoms with Crippen LogP contribution in [-0.2, 0) is 16.4 Å². The molecule has 0 saturated carbocycles. The van der Waals surface area contributed by atoms with Crippen LogP contribution in [0, 0.1) is 0 Å². The standard InChI is InChI=1S/C23H21ClN4O3S/c1-27(20-8-5-7-18(24)15-20)32(30,31)21-9-4-6-17(14-21)23(29)25-12-11-19-16-28-13-3-2-10-22(28)26-19/h2-10,13-16H,11-12H2,1H3,(H,25,29). The highest BCUT2D eigenvalue weighted by atomic mass is 35.5. The number of amides is 1. The van der Waals surface area contributed by atoms with Crippen LogP contribution in [0.1, 0.15) is 16.1 Å². The molecule has 4 aromatic rings. The Morgan fingerprint density at radius 3 is 2.69 bits per heavy atom. The zero-order valence-electron chi connectivity index (χ0n) is 17.3. The predicted molar refractivity (Wildman–Crippen MR) is 125 cm³/mol. The minimum absolute atomic E-state index is 0.0213. The molecule has 0 atom stereocenters. The highest BCUT2D eigenvalue weighted by Gasteiger charge is 2.22. The average molecular weight is 469 g/mol. The molecule has 0 radical (unpaired) electrons. The number of fused-ring (bicyclic) bond motifs is 1. The van der Waals surface area contributed by atoms with E-state index in [1.54, 1.807) is 36.4 Å². The van der Waals surface area contributed by atoms with Crippen molar-refractivity contribution in [2.24, 2.45) is 0 Å². The molecule has 164 valence electrons. The lowest BCUT2D eigenvalue weighted by molar-refractivity contribution is 0.0954. The lowest BCUT2D eigenvalue weighted by Crippen LogP contribution is -2.28. The third-order valence-electron chi connectivity index (χ3n) is 5.01. The minimum Gasteiger partial charge on any atom is -0.352 e. The summed E-state index contributed by atoms with van der Waals surface area (Å²) in [6, 6.07) is 18.3. The second-order valence-corrected chi connectivity index (χ2v) is 9.59. The van der Waals surface area contributed by atoms with E-state index < -0.39 is 10.0 Å². The van der Waals surface area contributed by atoms with Gasteiger partial charge in [0.05, 0.1) is 16.3 Å². The van der Waals surface area contributed by atoms with Crippen molar-refractivity contribution in [2.45, 2.75) is 11.3 Å². The van der Waals surface area contributed by atoms with Crippen molar-refractivity contribution in [3.05, 3.63) is 95.4 Å². The maximum absolute atomic E-state index is 13.0. The van der Waals surface area contributed by atoms with Gasteiger partial charge in [-0.15, -0.1) is 0 Å². The molecule has 0 aliphatic heterocycles. The van der Waals surface area contributed by atoms with E-state index in [0.717, 1.165) is 15.6 Å². The number of imidazole rings is 1. The Morgan fingerprint density at radius 1 is 1.09 bits per heavy atom. The fourth-order valence-electron chi connectivity index (χ4n) is 3.28. The molecule has 2 heterocycles. The highest BCUT2D eigenvalue weighted by molar-refractivity contribution is 7.92. The fraction of sp³-hybridized carbons (Fsp3) is 0.130. The molecule has 0 unspecified atom stereocenters. The smallest absolute Gasteiger partial charge is 0.264 e. The average Bonchev–Trinajstić information content (AvgIpc) is 3.21. The summed E-state index contributed by atoms with van der Waals surface area (Å²) in [5, 5.41) is 3.26. The van der Waals surface area contributed by atoms with Gasteiger partial charge in [-0.3, -0.25) is 9.10 Å². The van der Waals surface area contributed by atoms with Crippen molar-refractivity contribution in [1.29, 1.82) is 0 Å². The fourth-order valence-corrected chi connectivity index (χ4v) is 4.70. The summed E-state index contributed by atoms with van der Waals surface area (Å²) in [4.78, 5) is 17.1. The van der Waals surface area contributed by atoms with Crippen molar-refractivity contribution in [1.82, 2.24) is 14.7 Å². The predicted octanol–water partition coefficient (Wildman–Crippen LogP) is 3.79. The second-order valence-electron chi connectivity index (χ2n) is 7.18. The number of pyridine rings is 1. The Labute approximate surface area is 191 Å². The summed E-state index contributed by atoms with van der Waals surface area (Å²) in [6.45, 7) is 0.377. The Hall–Kier alpha value is -3.36. The molecule has 0 aliphatic rings. The van der Waals surface area contributed by atoms with E-state index in [-0.39, 0.29) is 16.4 Å². The van der Waals surface area contributed by atoms with Gasteiger partial charge in [-0.25, -0.2) is 13.4 Å². The molecular formula is C23H21ClN4O3S. The normalized spacial score (nSPS) is 11.4. The number of anilines is 1. The monoisotopic (exact) mass is 468 g/mol. The number of nitrogens with zero attached hydrogens (tertiary/aromatic N) is 3. The van der Waals surface area contributed by atoms with Crippen molar-refractivity contribution in [3.63, 3.8) is 0 Å². The first-order chi connectivity index (χ1) is 15.3. The van der Waals surface area contributed by atoms with Gasteiger partial charge in [0.2, 0.25) is 0 Å². The van der Waals surface area contributed by atoms with Gasteiger partial charge in [-0.1, -0.05) is 29.8 Å². The molecule has 2 aromatic carbocycles. The topological polar surface area (TPSA) is 83.8 Å². The molecule has 0 fully saturated rings. The lowest BCUT2D eigenvalue weighted by atomic mass is 10.2. The first-order valence-electron chi connectivity index (χ1n) is 9.90. The molecule has 0 spiro atoms. The summed E-state index contributed by atoms with van der Waals surface area (Å²) >= 11 is 5.99. The summed E-state index contributed by atoms with van der Waals surface area (Å²) < 4.78 is 29.1. The van der Waals surface area contributed by atoms with Crippen LogP contribution < -0.4 is 9.62 Å². The van der Waals surface area contributed by atoms with Crippen molar-refractivity contribution in [3.8, 4) is 0 Å². The second kappa shape index (κ2) is 9.02. The summed E-state index contributed by atoms with van der Waals surface area (Å²) in [5.74, 6) is -0.351. The first-order valence-corrected chi connectivity index (χ1v) is 11.7. The Kier molecular flexibility index (Phi) is 6.16. The summed E-state index contributed by atoms with van der Waals surface area (Å²) in [5.41, 5.74) is 2.40. The number of benzene rings is 2. The zero-order valence-corrected chi connectivity index (χ0v) is 18.8. The number of hydrogen-bond donors (Lipinski definition) is 1. The van der Waals surface area contributed by atoms with E-state index >= 15 is 0 Å². The summed E-state index contributed by atoms with van der Waals surface area (Å²) in [6.07, 6.45) is 4.39. The van der Waals surface area contributed by atoms with Gasteiger partial charge >= 0.3 is 0 Å². The van der Waals surface area contributed by atoms with Crippen LogP contribution in [0.4, 0.5) is 5.69 Å². The quantitative estimate of drug-likeness (QED) is 0.447. The van der Waals surface area contributed by atoms with Crippen LogP contribution in [0.5, 0.6) is 0 Å². The van der Waals surface area contributed by atoms with Crippen LogP contribution in [0.3, 0.4) is 0 Å². The maximum Gasteiger partial charge on any atom is 0.264 e. The molecule has 32 heavy (non-hydrogen) atoms. The SMILES string of the molecule is CN(c1cccc(Cl)c1)S(=O)(=O)c1cccc(C(=O)NCCc2cn3ccccc3n2)c1. The number of halogens is 1. The molecule has 9 heteroatoms. The van der Waals surface area contributed by atoms with Crippen molar-refractivity contribution < 1.29 is 13.2 Å². The Balaban J connectivity index is 1.45. The third kappa shape index (κ3) is 4.61. The first kappa shape index (κ1) is 21.9. The van der Waals surface area contributed by atoms with Crippen LogP contribution in [0.25, 0.3) is 5.65 Å². The van der Waals surface area contributed by atoms with Gasteiger partial charge in [0.1, 0.15) is 5.65 Å². The van der Waals surface area contributed by atoms with Crippen LogP contribution in [0.2, 0.25) is 5.02 Å². The maximum atomic E-state index is 13.0. The van der Waals surface area contributed by atoms with Gasteiger partial charge in [0.25, 0.3) is 15.9 Å². The molecule has 1 N–H and O–H groups in total. The molecule has 0 aliphatic carbocycles. The zero-order chi connectivity index (χ0) is 22.7. The molecule has 2 aromatic heterocycles. The van der Waals surface area contributed by atoms with Crippen LogP contribution in [0.15, 0.2) is 84.0 Å². The van der Waals surface area contributed by atoms with Gasteiger partial charge < -0.3 is 9.72 Å². The minimum atomic E-state index is -3.86. The summed E-state index contributed by atoms with van der Waals surface area (Å²) in [7, 11) is -2.41.